The summed E-state index contributed by atoms with van der Waals surface area (Å²) in [6.45, 7) is 0.601. The number of aromatic nitrogens is 1. The zero-order valence-corrected chi connectivity index (χ0v) is 13.0. The minimum atomic E-state index is -0.680. The predicted molar refractivity (Wildman–Crippen MR) is 83.4 cm³/mol. The van der Waals surface area contributed by atoms with Gasteiger partial charge in [0.1, 0.15) is 0 Å². The van der Waals surface area contributed by atoms with Gasteiger partial charge in [0.2, 0.25) is 0 Å². The number of aliphatic hydroxyl groups excluding tert-OH is 1. The minimum absolute atomic E-state index is 0.0110. The average molecular weight is 347 g/mol. The van der Waals surface area contributed by atoms with Crippen LogP contribution in [0.15, 0.2) is 53.7 Å². The molecule has 0 bridgehead atoms. The predicted octanol–water partition coefficient (Wildman–Crippen LogP) is 1.12. The van der Waals surface area contributed by atoms with Crippen LogP contribution in [0.5, 0.6) is 0 Å². The van der Waals surface area contributed by atoms with E-state index in [0.717, 1.165) is 20.8 Å². The van der Waals surface area contributed by atoms with Gasteiger partial charge < -0.3 is 9.84 Å². The molecule has 2 aromatic rings. The maximum Gasteiger partial charge on any atom is 0.158 e. The summed E-state index contributed by atoms with van der Waals surface area (Å²) in [6, 6.07) is 13.7. The number of hydrogen-bond acceptors (Lipinski definition) is 4. The molecule has 2 heterocycles. The smallest absolute Gasteiger partial charge is 0.158 e. The number of benzene rings is 1. The van der Waals surface area contributed by atoms with Crippen molar-refractivity contribution >= 4 is 20.4 Å². The molecule has 1 N–H and O–H groups in total. The first kappa shape index (κ1) is 14.4. The maximum absolute atomic E-state index is 8.94. The first-order chi connectivity index (χ1) is 10.3. The van der Waals surface area contributed by atoms with Gasteiger partial charge in [0.05, 0.1) is 30.9 Å². The van der Waals surface area contributed by atoms with Gasteiger partial charge in [0.15, 0.2) is 5.54 Å². The van der Waals surface area contributed by atoms with Crippen LogP contribution in [0.1, 0.15) is 5.69 Å². The molecular formula is C16H15BrN2O2. The second-order valence-electron chi connectivity index (χ2n) is 4.79. The number of halogens is 1. The van der Waals surface area contributed by atoms with Crippen molar-refractivity contribution < 1.29 is 9.84 Å². The molecule has 1 aliphatic heterocycles. The lowest BCUT2D eigenvalue weighted by atomic mass is 9.96. The molecule has 1 unspecified atom stereocenters. The molecule has 4 nitrogen and oxygen atoms in total. The zero-order chi connectivity index (χ0) is 14.7. The van der Waals surface area contributed by atoms with Crippen molar-refractivity contribution in [2.45, 2.75) is 5.54 Å². The van der Waals surface area contributed by atoms with Crippen molar-refractivity contribution in [1.29, 1.82) is 0 Å². The number of hydrogen-bond donors (Lipinski definition) is 1. The summed E-state index contributed by atoms with van der Waals surface area (Å²) in [4.78, 5) is 9.31. The molecule has 5 heteroatoms. The van der Waals surface area contributed by atoms with E-state index in [-0.39, 0.29) is 13.2 Å². The van der Waals surface area contributed by atoms with E-state index < -0.39 is 5.54 Å². The zero-order valence-electron chi connectivity index (χ0n) is 11.4. The molecule has 21 heavy (non-hydrogen) atoms. The Morgan fingerprint density at radius 1 is 1.14 bits per heavy atom. The molecule has 0 saturated carbocycles. The molecule has 0 aliphatic carbocycles. The van der Waals surface area contributed by atoms with Crippen molar-refractivity contribution in [3.8, 4) is 0 Å². The fourth-order valence-corrected chi connectivity index (χ4v) is 3.21. The molecular weight excluding hydrogens is 332 g/mol. The highest BCUT2D eigenvalue weighted by atomic mass is 79.9. The summed E-state index contributed by atoms with van der Waals surface area (Å²) in [5.74, 6) is 0. The normalized spacial score (nSPS) is 20.2. The van der Waals surface area contributed by atoms with E-state index in [1.165, 1.54) is 0 Å². The highest BCUT2D eigenvalue weighted by Crippen LogP contribution is 2.38. The monoisotopic (exact) mass is 346 g/mol. The van der Waals surface area contributed by atoms with Gasteiger partial charge in [-0.2, -0.15) is 0 Å². The van der Waals surface area contributed by atoms with E-state index >= 15 is 0 Å². The third kappa shape index (κ3) is 2.52. The van der Waals surface area contributed by atoms with E-state index in [0.29, 0.717) is 6.61 Å². The summed E-state index contributed by atoms with van der Waals surface area (Å²) >= 11 is 3.69. The summed E-state index contributed by atoms with van der Waals surface area (Å²) in [7, 11) is 0. The van der Waals surface area contributed by atoms with Crippen LogP contribution in [0.3, 0.4) is 0 Å². The van der Waals surface area contributed by atoms with Crippen LogP contribution in [0, 0.1) is 0 Å². The SMILES string of the molecule is OCCOCC1(c2ccccn2)N=c2ccccc2=C1Br. The number of aliphatic hydroxyl groups is 1. The Hall–Kier alpha value is -1.56. The lowest BCUT2D eigenvalue weighted by molar-refractivity contribution is 0.0706. The van der Waals surface area contributed by atoms with Crippen LogP contribution in [0.25, 0.3) is 4.48 Å². The Morgan fingerprint density at radius 3 is 2.67 bits per heavy atom. The molecule has 0 radical (unpaired) electrons. The minimum Gasteiger partial charge on any atom is -0.394 e. The number of ether oxygens (including phenoxy) is 1. The Kier molecular flexibility index (Phi) is 4.14. The highest BCUT2D eigenvalue weighted by molar-refractivity contribution is 9.15. The second kappa shape index (κ2) is 6.05. The summed E-state index contributed by atoms with van der Waals surface area (Å²) in [6.07, 6.45) is 1.75. The van der Waals surface area contributed by atoms with Crippen LogP contribution in [0.2, 0.25) is 0 Å². The van der Waals surface area contributed by atoms with E-state index in [1.807, 2.05) is 42.5 Å². The lowest BCUT2D eigenvalue weighted by Gasteiger charge is -2.26. The topological polar surface area (TPSA) is 54.7 Å². The number of para-hydroxylation sites is 1. The highest BCUT2D eigenvalue weighted by Gasteiger charge is 2.40. The second-order valence-corrected chi connectivity index (χ2v) is 5.59. The van der Waals surface area contributed by atoms with E-state index in [4.69, 9.17) is 14.8 Å². The Labute approximate surface area is 131 Å². The Bertz CT molecular complexity index is 748. The molecule has 1 aromatic carbocycles. The summed E-state index contributed by atoms with van der Waals surface area (Å²) < 4.78 is 6.54. The van der Waals surface area contributed by atoms with Gasteiger partial charge >= 0.3 is 0 Å². The van der Waals surface area contributed by atoms with Gasteiger partial charge in [-0.1, -0.05) is 40.2 Å². The first-order valence-electron chi connectivity index (χ1n) is 6.73. The molecule has 0 spiro atoms. The molecule has 1 aliphatic rings. The van der Waals surface area contributed by atoms with Gasteiger partial charge in [-0.3, -0.25) is 9.98 Å². The third-order valence-electron chi connectivity index (χ3n) is 3.45. The average Bonchev–Trinajstić information content (AvgIpc) is 2.83. The van der Waals surface area contributed by atoms with E-state index in [2.05, 4.69) is 20.9 Å². The first-order valence-corrected chi connectivity index (χ1v) is 7.52. The van der Waals surface area contributed by atoms with Crippen molar-refractivity contribution in [3.63, 3.8) is 0 Å². The molecule has 3 rings (SSSR count). The molecule has 1 aromatic heterocycles. The summed E-state index contributed by atoms with van der Waals surface area (Å²) in [5, 5.41) is 10.9. The summed E-state index contributed by atoms with van der Waals surface area (Å²) in [5.41, 5.74) is 0.145. The fraction of sp³-hybridized carbons (Fsp3) is 0.250. The van der Waals surface area contributed by atoms with E-state index in [9.17, 15) is 0 Å². The number of rotatable bonds is 5. The van der Waals surface area contributed by atoms with Gasteiger partial charge in [0, 0.05) is 15.9 Å². The van der Waals surface area contributed by atoms with Crippen LogP contribution < -0.4 is 10.6 Å². The van der Waals surface area contributed by atoms with Crippen molar-refractivity contribution in [2.75, 3.05) is 19.8 Å². The van der Waals surface area contributed by atoms with Crippen LogP contribution >= 0.6 is 15.9 Å². The standard InChI is InChI=1S/C16H15BrN2O2/c17-15-12-5-1-2-6-13(12)19-16(15,11-21-10-9-20)14-7-3-4-8-18-14/h1-8,20H,9-11H2. The number of nitrogens with zero attached hydrogens (tertiary/aromatic N) is 2. The van der Waals surface area contributed by atoms with Gasteiger partial charge in [0.25, 0.3) is 0 Å². The Morgan fingerprint density at radius 2 is 1.95 bits per heavy atom. The van der Waals surface area contributed by atoms with Crippen LogP contribution in [0.4, 0.5) is 0 Å². The largest absolute Gasteiger partial charge is 0.394 e. The molecule has 1 atom stereocenters. The molecule has 0 fully saturated rings. The van der Waals surface area contributed by atoms with Gasteiger partial charge in [-0.05, 0) is 18.2 Å². The van der Waals surface area contributed by atoms with Crippen molar-refractivity contribution in [2.24, 2.45) is 4.99 Å². The lowest BCUT2D eigenvalue weighted by Crippen LogP contribution is -2.31. The van der Waals surface area contributed by atoms with E-state index in [1.54, 1.807) is 6.20 Å². The molecule has 0 saturated heterocycles. The van der Waals surface area contributed by atoms with Crippen molar-refractivity contribution in [3.05, 3.63) is 64.9 Å². The quantitative estimate of drug-likeness (QED) is 0.825. The van der Waals surface area contributed by atoms with Crippen molar-refractivity contribution in [1.82, 2.24) is 4.98 Å². The fourth-order valence-electron chi connectivity index (χ4n) is 2.47. The van der Waals surface area contributed by atoms with Gasteiger partial charge in [-0.15, -0.1) is 0 Å². The third-order valence-corrected chi connectivity index (χ3v) is 4.53. The number of pyridine rings is 1. The van der Waals surface area contributed by atoms with Crippen LogP contribution in [-0.2, 0) is 10.3 Å². The van der Waals surface area contributed by atoms with Gasteiger partial charge in [-0.25, -0.2) is 0 Å². The van der Waals surface area contributed by atoms with Crippen LogP contribution in [-0.4, -0.2) is 29.9 Å². The Balaban J connectivity index is 2.14. The molecule has 108 valence electrons. The number of fused-ring (bicyclic) bond motifs is 1. The maximum atomic E-state index is 8.94. The molecule has 0 amide bonds.